The van der Waals surface area contributed by atoms with Gasteiger partial charge in [-0.3, -0.25) is 4.79 Å². The minimum Gasteiger partial charge on any atom is -0.493 e. The smallest absolute Gasteiger partial charge is 0.221 e. The first-order valence-corrected chi connectivity index (χ1v) is 11.1. The van der Waals surface area contributed by atoms with Gasteiger partial charge in [-0.25, -0.2) is 0 Å². The fraction of sp³-hybridized carbons (Fsp3) is 0.667. The number of amides is 1. The number of thioether (sulfide) groups is 1. The lowest BCUT2D eigenvalue weighted by atomic mass is 9.69. The Morgan fingerprint density at radius 2 is 1.96 bits per heavy atom. The normalized spacial score (nSPS) is 21.3. The minimum absolute atomic E-state index is 0. The highest BCUT2D eigenvalue weighted by molar-refractivity contribution is 7.99. The van der Waals surface area contributed by atoms with Crippen molar-refractivity contribution in [1.29, 1.82) is 0 Å². The van der Waals surface area contributed by atoms with Crippen molar-refractivity contribution in [3.05, 3.63) is 23.8 Å². The average Bonchev–Trinajstić information content (AvgIpc) is 2.73. The molecule has 1 unspecified atom stereocenters. The molecule has 1 saturated heterocycles. The lowest BCUT2D eigenvalue weighted by molar-refractivity contribution is -0.121. The number of halogens is 1. The molecular formula is C21H33ClN2O3S. The van der Waals surface area contributed by atoms with Crippen molar-refractivity contribution in [3.63, 3.8) is 0 Å². The molecule has 1 aromatic carbocycles. The standard InChI is InChI=1S/C21H32N2O3S.ClH/c1-25-18-7-6-16(12-19(18)26-2)21(8-4-3-5-9-21)15-23-20(24)13-17-14-27-11-10-22-17;/h6-7,12,17,22H,3-5,8-11,13-15H2,1-2H3,(H,23,24);1H. The second kappa shape index (κ2) is 11.2. The van der Waals surface area contributed by atoms with Crippen molar-refractivity contribution in [2.45, 2.75) is 50.0 Å². The monoisotopic (exact) mass is 428 g/mol. The predicted octanol–water partition coefficient (Wildman–Crippen LogP) is 3.54. The zero-order chi connectivity index (χ0) is 19.1. The second-order valence-corrected chi connectivity index (χ2v) is 8.77. The first-order valence-electron chi connectivity index (χ1n) is 9.97. The number of rotatable bonds is 7. The van der Waals surface area contributed by atoms with Crippen molar-refractivity contribution >= 4 is 30.1 Å². The van der Waals surface area contributed by atoms with Gasteiger partial charge in [0.1, 0.15) is 0 Å². The van der Waals surface area contributed by atoms with Gasteiger partial charge < -0.3 is 20.1 Å². The molecule has 1 atom stereocenters. The SMILES string of the molecule is COc1ccc(C2(CNC(=O)CC3CSCCN3)CCCCC2)cc1OC.Cl. The third-order valence-corrected chi connectivity index (χ3v) is 6.99. The van der Waals surface area contributed by atoms with Gasteiger partial charge in [-0.15, -0.1) is 12.4 Å². The first kappa shape index (κ1) is 23.2. The van der Waals surface area contributed by atoms with Gasteiger partial charge in [-0.05, 0) is 30.5 Å². The summed E-state index contributed by atoms with van der Waals surface area (Å²) in [6, 6.07) is 6.51. The van der Waals surface area contributed by atoms with Gasteiger partial charge in [0, 0.05) is 42.5 Å². The molecule has 1 aliphatic heterocycles. The Labute approximate surface area is 179 Å². The number of hydrogen-bond acceptors (Lipinski definition) is 5. The molecule has 0 spiro atoms. The molecule has 28 heavy (non-hydrogen) atoms. The first-order chi connectivity index (χ1) is 13.2. The van der Waals surface area contributed by atoms with Crippen molar-refractivity contribution in [1.82, 2.24) is 10.6 Å². The highest BCUT2D eigenvalue weighted by Crippen LogP contribution is 2.42. The Morgan fingerprint density at radius 3 is 2.61 bits per heavy atom. The van der Waals surface area contributed by atoms with E-state index < -0.39 is 0 Å². The van der Waals surface area contributed by atoms with Crippen LogP contribution in [-0.4, -0.2) is 50.8 Å². The molecule has 158 valence electrons. The maximum absolute atomic E-state index is 12.5. The van der Waals surface area contributed by atoms with Crippen LogP contribution >= 0.6 is 24.2 Å². The van der Waals surface area contributed by atoms with E-state index >= 15 is 0 Å². The number of hydrogen-bond donors (Lipinski definition) is 2. The van der Waals surface area contributed by atoms with Crippen molar-refractivity contribution < 1.29 is 14.3 Å². The Morgan fingerprint density at radius 1 is 1.21 bits per heavy atom. The summed E-state index contributed by atoms with van der Waals surface area (Å²) in [5, 5.41) is 6.69. The molecular weight excluding hydrogens is 396 g/mol. The number of nitrogens with one attached hydrogen (secondary N) is 2. The number of carbonyl (C=O) groups excluding carboxylic acids is 1. The molecule has 0 bridgehead atoms. The highest BCUT2D eigenvalue weighted by atomic mass is 35.5. The molecule has 2 fully saturated rings. The van der Waals surface area contributed by atoms with Crippen LogP contribution in [0.1, 0.15) is 44.1 Å². The minimum atomic E-state index is -0.0117. The van der Waals surface area contributed by atoms with E-state index in [1.165, 1.54) is 24.8 Å². The van der Waals surface area contributed by atoms with Crippen LogP contribution in [0.25, 0.3) is 0 Å². The van der Waals surface area contributed by atoms with Gasteiger partial charge in [0.2, 0.25) is 5.91 Å². The van der Waals surface area contributed by atoms with Crippen LogP contribution in [0, 0.1) is 0 Å². The number of carbonyl (C=O) groups is 1. The Balaban J connectivity index is 0.00000280. The average molecular weight is 429 g/mol. The van der Waals surface area contributed by atoms with Crippen molar-refractivity contribution in [2.75, 3.05) is 38.8 Å². The molecule has 1 amide bonds. The Bertz CT molecular complexity index is 632. The summed E-state index contributed by atoms with van der Waals surface area (Å²) >= 11 is 1.93. The molecule has 5 nitrogen and oxygen atoms in total. The topological polar surface area (TPSA) is 59.6 Å². The molecule has 0 radical (unpaired) electrons. The summed E-state index contributed by atoms with van der Waals surface area (Å²) in [6.45, 7) is 1.69. The maximum atomic E-state index is 12.5. The van der Waals surface area contributed by atoms with E-state index in [9.17, 15) is 4.79 Å². The number of benzene rings is 1. The summed E-state index contributed by atoms with van der Waals surface area (Å²) in [7, 11) is 3.33. The van der Waals surface area contributed by atoms with E-state index in [-0.39, 0.29) is 23.7 Å². The van der Waals surface area contributed by atoms with Gasteiger partial charge >= 0.3 is 0 Å². The number of methoxy groups -OCH3 is 2. The maximum Gasteiger partial charge on any atom is 0.221 e. The molecule has 7 heteroatoms. The van der Waals surface area contributed by atoms with Crippen LogP contribution in [0.5, 0.6) is 11.5 Å². The summed E-state index contributed by atoms with van der Waals surface area (Å²) < 4.78 is 10.9. The van der Waals surface area contributed by atoms with Crippen LogP contribution in [0.3, 0.4) is 0 Å². The van der Waals surface area contributed by atoms with E-state index in [0.717, 1.165) is 42.4 Å². The Kier molecular flexibility index (Phi) is 9.25. The van der Waals surface area contributed by atoms with Crippen LogP contribution in [-0.2, 0) is 10.2 Å². The van der Waals surface area contributed by atoms with E-state index in [1.807, 2.05) is 17.8 Å². The third-order valence-electron chi connectivity index (χ3n) is 5.86. The molecule has 1 aromatic rings. The quantitative estimate of drug-likeness (QED) is 0.695. The van der Waals surface area contributed by atoms with Gasteiger partial charge in [-0.1, -0.05) is 25.3 Å². The summed E-state index contributed by atoms with van der Waals surface area (Å²) in [5.74, 6) is 3.82. The van der Waals surface area contributed by atoms with Crippen LogP contribution in [0.4, 0.5) is 0 Å². The third kappa shape index (κ3) is 5.71. The fourth-order valence-electron chi connectivity index (χ4n) is 4.28. The van der Waals surface area contributed by atoms with Crippen LogP contribution in [0.2, 0.25) is 0 Å². The lowest BCUT2D eigenvalue weighted by Crippen LogP contribution is -2.45. The second-order valence-electron chi connectivity index (χ2n) is 7.62. The van der Waals surface area contributed by atoms with Crippen molar-refractivity contribution in [2.24, 2.45) is 0 Å². The molecule has 3 rings (SSSR count). The summed E-state index contributed by atoms with van der Waals surface area (Å²) in [6.07, 6.45) is 6.43. The number of ether oxygens (including phenoxy) is 2. The largest absolute Gasteiger partial charge is 0.493 e. The zero-order valence-electron chi connectivity index (χ0n) is 16.9. The molecule has 2 N–H and O–H groups in total. The molecule has 1 aliphatic carbocycles. The van der Waals surface area contributed by atoms with Crippen LogP contribution in [0.15, 0.2) is 18.2 Å². The fourth-order valence-corrected chi connectivity index (χ4v) is 5.23. The van der Waals surface area contributed by atoms with E-state index in [2.05, 4.69) is 22.8 Å². The van der Waals surface area contributed by atoms with Crippen molar-refractivity contribution in [3.8, 4) is 11.5 Å². The van der Waals surface area contributed by atoms with Crippen LogP contribution < -0.4 is 20.1 Å². The zero-order valence-corrected chi connectivity index (χ0v) is 18.6. The Hall–Kier alpha value is -1.11. The van der Waals surface area contributed by atoms with E-state index in [4.69, 9.17) is 9.47 Å². The van der Waals surface area contributed by atoms with E-state index in [0.29, 0.717) is 19.0 Å². The van der Waals surface area contributed by atoms with E-state index in [1.54, 1.807) is 14.2 Å². The summed E-state index contributed by atoms with van der Waals surface area (Å²) in [4.78, 5) is 12.5. The molecule has 1 saturated carbocycles. The van der Waals surface area contributed by atoms with Gasteiger partial charge in [0.05, 0.1) is 14.2 Å². The lowest BCUT2D eigenvalue weighted by Gasteiger charge is -2.38. The van der Waals surface area contributed by atoms with Gasteiger partial charge in [0.15, 0.2) is 11.5 Å². The molecule has 2 aliphatic rings. The summed E-state index contributed by atoms with van der Waals surface area (Å²) in [5.41, 5.74) is 1.23. The highest BCUT2D eigenvalue weighted by Gasteiger charge is 2.35. The van der Waals surface area contributed by atoms with Gasteiger partial charge in [-0.2, -0.15) is 11.8 Å². The van der Waals surface area contributed by atoms with Gasteiger partial charge in [0.25, 0.3) is 0 Å². The predicted molar refractivity (Wildman–Crippen MR) is 118 cm³/mol. The molecule has 0 aromatic heterocycles. The molecule has 1 heterocycles.